The van der Waals surface area contributed by atoms with Gasteiger partial charge in [-0.2, -0.15) is 4.31 Å². The van der Waals surface area contributed by atoms with Gasteiger partial charge in [-0.15, -0.1) is 0 Å². The molecule has 0 saturated heterocycles. The van der Waals surface area contributed by atoms with Crippen molar-refractivity contribution in [2.75, 3.05) is 25.0 Å². The third-order valence-electron chi connectivity index (χ3n) is 4.59. The summed E-state index contributed by atoms with van der Waals surface area (Å²) in [6, 6.07) is 13.5. The number of hydrogen-bond acceptors (Lipinski definition) is 5. The Morgan fingerprint density at radius 1 is 1.00 bits per heavy atom. The second-order valence-corrected chi connectivity index (χ2v) is 8.62. The molecule has 7 heteroatoms. The minimum absolute atomic E-state index is 0.136. The molecule has 0 radical (unpaired) electrons. The summed E-state index contributed by atoms with van der Waals surface area (Å²) < 4.78 is 32.0. The third-order valence-corrected chi connectivity index (χ3v) is 6.65. The Morgan fingerprint density at radius 3 is 2.20 bits per heavy atom. The molecule has 0 heterocycles. The number of nitrogens with zero attached hydrogens (tertiary/aromatic N) is 1. The molecule has 0 aliphatic rings. The first-order chi connectivity index (χ1) is 14.4. The summed E-state index contributed by atoms with van der Waals surface area (Å²) >= 11 is 0. The Labute approximate surface area is 179 Å². The van der Waals surface area contributed by atoms with Gasteiger partial charge >= 0.3 is 0 Å². The van der Waals surface area contributed by atoms with Gasteiger partial charge in [-0.25, -0.2) is 8.42 Å². The van der Waals surface area contributed by atoms with Crippen molar-refractivity contribution in [3.05, 3.63) is 66.4 Å². The van der Waals surface area contributed by atoms with Gasteiger partial charge in [-0.05, 0) is 55.0 Å². The number of nitrogens with one attached hydrogen (secondary N) is 1. The second kappa shape index (κ2) is 11.5. The number of ketones is 1. The van der Waals surface area contributed by atoms with E-state index >= 15 is 0 Å². The van der Waals surface area contributed by atoms with E-state index < -0.39 is 10.0 Å². The molecule has 162 valence electrons. The zero-order valence-electron chi connectivity index (χ0n) is 17.8. The fourth-order valence-corrected chi connectivity index (χ4v) is 4.25. The minimum atomic E-state index is -3.48. The van der Waals surface area contributed by atoms with E-state index in [0.717, 1.165) is 18.6 Å². The Balaban J connectivity index is 1.94. The maximum atomic E-state index is 12.5. The number of sulfonamides is 1. The molecule has 0 unspecified atom stereocenters. The number of anilines is 1. The predicted octanol–water partition coefficient (Wildman–Crippen LogP) is 4.70. The number of benzene rings is 2. The van der Waals surface area contributed by atoms with Gasteiger partial charge in [-0.1, -0.05) is 27.2 Å². The van der Waals surface area contributed by atoms with Crippen molar-refractivity contribution in [3.63, 3.8) is 0 Å². The average molecular weight is 431 g/mol. The Hall–Kier alpha value is -2.64. The van der Waals surface area contributed by atoms with Crippen molar-refractivity contribution in [1.29, 1.82) is 0 Å². The van der Waals surface area contributed by atoms with Gasteiger partial charge in [0.05, 0.1) is 11.5 Å². The first-order valence-electron chi connectivity index (χ1n) is 10.2. The molecule has 1 N–H and O–H groups in total. The molecule has 2 aromatic rings. The molecule has 0 amide bonds. The van der Waals surface area contributed by atoms with Crippen LogP contribution in [-0.2, 0) is 10.0 Å². The quantitative estimate of drug-likeness (QED) is 0.300. The fourth-order valence-electron chi connectivity index (χ4n) is 2.80. The van der Waals surface area contributed by atoms with Crippen LogP contribution < -0.4 is 10.1 Å². The SMILES string of the molecule is CCCCOc1ccc(C(=O)C=CNc2ccc(S(=O)(=O)N(CC)CC)cc2)cc1. The van der Waals surface area contributed by atoms with Gasteiger partial charge in [0.15, 0.2) is 5.78 Å². The lowest BCUT2D eigenvalue weighted by Crippen LogP contribution is -2.30. The Kier molecular flexibility index (Phi) is 9.08. The summed E-state index contributed by atoms with van der Waals surface area (Å²) in [5.74, 6) is 0.616. The summed E-state index contributed by atoms with van der Waals surface area (Å²) in [4.78, 5) is 12.5. The molecule has 0 bridgehead atoms. The van der Waals surface area contributed by atoms with E-state index in [1.165, 1.54) is 10.4 Å². The van der Waals surface area contributed by atoms with E-state index in [9.17, 15) is 13.2 Å². The number of unbranched alkanes of at least 4 members (excludes halogenated alkanes) is 1. The van der Waals surface area contributed by atoms with Crippen molar-refractivity contribution in [2.24, 2.45) is 0 Å². The summed E-state index contributed by atoms with van der Waals surface area (Å²) in [6.07, 6.45) is 5.05. The topological polar surface area (TPSA) is 75.7 Å². The molecule has 0 spiro atoms. The fraction of sp³-hybridized carbons (Fsp3) is 0.348. The molecule has 0 aliphatic heterocycles. The molecule has 6 nitrogen and oxygen atoms in total. The largest absolute Gasteiger partial charge is 0.494 e. The average Bonchev–Trinajstić information content (AvgIpc) is 2.75. The second-order valence-electron chi connectivity index (χ2n) is 6.68. The van der Waals surface area contributed by atoms with Gasteiger partial charge in [0, 0.05) is 36.6 Å². The van der Waals surface area contributed by atoms with Crippen molar-refractivity contribution >= 4 is 21.5 Å². The molecular formula is C23H30N2O4S. The van der Waals surface area contributed by atoms with Crippen LogP contribution in [0.1, 0.15) is 44.0 Å². The molecule has 0 aromatic heterocycles. The summed E-state index contributed by atoms with van der Waals surface area (Å²) in [5.41, 5.74) is 1.26. The number of carbonyl (C=O) groups is 1. The molecule has 0 fully saturated rings. The third kappa shape index (κ3) is 6.43. The normalized spacial score (nSPS) is 11.7. The van der Waals surface area contributed by atoms with Gasteiger partial charge in [-0.3, -0.25) is 4.79 Å². The van der Waals surface area contributed by atoms with Gasteiger partial charge in [0.1, 0.15) is 5.75 Å². The van der Waals surface area contributed by atoms with Gasteiger partial charge < -0.3 is 10.1 Å². The zero-order chi connectivity index (χ0) is 22.0. The zero-order valence-corrected chi connectivity index (χ0v) is 18.6. The molecule has 30 heavy (non-hydrogen) atoms. The molecule has 0 saturated carbocycles. The predicted molar refractivity (Wildman–Crippen MR) is 120 cm³/mol. The summed E-state index contributed by atoms with van der Waals surface area (Å²) in [6.45, 7) is 7.25. The van der Waals surface area contributed by atoms with Crippen molar-refractivity contribution in [3.8, 4) is 5.75 Å². The van der Waals surface area contributed by atoms with E-state index in [4.69, 9.17) is 4.74 Å². The van der Waals surface area contributed by atoms with E-state index in [-0.39, 0.29) is 10.7 Å². The van der Waals surface area contributed by atoms with Crippen LogP contribution in [0.4, 0.5) is 5.69 Å². The molecule has 2 aromatic carbocycles. The summed E-state index contributed by atoms with van der Waals surface area (Å²) in [5, 5.41) is 2.99. The smallest absolute Gasteiger partial charge is 0.243 e. The maximum absolute atomic E-state index is 12.5. The Bertz CT molecular complexity index is 932. The van der Waals surface area contributed by atoms with Crippen LogP contribution in [0.5, 0.6) is 5.75 Å². The van der Waals surface area contributed by atoms with Crippen LogP contribution in [0, 0.1) is 0 Å². The van der Waals surface area contributed by atoms with Crippen LogP contribution in [0.2, 0.25) is 0 Å². The number of rotatable bonds is 12. The standard InChI is InChI=1S/C23H30N2O4S/c1-4-7-18-29-21-12-8-19(9-13-21)23(26)16-17-24-20-10-14-22(15-11-20)30(27,28)25(5-2)6-3/h8-17,24H,4-7,18H2,1-3H3. The van der Waals surface area contributed by atoms with Crippen molar-refractivity contribution in [1.82, 2.24) is 4.31 Å². The first kappa shape index (κ1) is 23.6. The van der Waals surface area contributed by atoms with Crippen LogP contribution in [0.25, 0.3) is 0 Å². The highest BCUT2D eigenvalue weighted by atomic mass is 32.2. The molecule has 0 aliphatic carbocycles. The van der Waals surface area contributed by atoms with Crippen LogP contribution in [-0.4, -0.2) is 38.2 Å². The minimum Gasteiger partial charge on any atom is -0.494 e. The first-order valence-corrected chi connectivity index (χ1v) is 11.7. The van der Waals surface area contributed by atoms with E-state index in [0.29, 0.717) is 30.9 Å². The van der Waals surface area contributed by atoms with Crippen LogP contribution in [0.3, 0.4) is 0 Å². The number of allylic oxidation sites excluding steroid dienone is 1. The van der Waals surface area contributed by atoms with Crippen molar-refractivity contribution < 1.29 is 17.9 Å². The molecular weight excluding hydrogens is 400 g/mol. The van der Waals surface area contributed by atoms with E-state index in [2.05, 4.69) is 12.2 Å². The highest BCUT2D eigenvalue weighted by molar-refractivity contribution is 7.89. The van der Waals surface area contributed by atoms with E-state index in [1.54, 1.807) is 54.7 Å². The lowest BCUT2D eigenvalue weighted by Gasteiger charge is -2.18. The molecule has 2 rings (SSSR count). The van der Waals surface area contributed by atoms with Crippen molar-refractivity contribution in [2.45, 2.75) is 38.5 Å². The number of ether oxygens (including phenoxy) is 1. The molecule has 0 atom stereocenters. The summed E-state index contributed by atoms with van der Waals surface area (Å²) in [7, 11) is -3.48. The van der Waals surface area contributed by atoms with Crippen LogP contribution in [0.15, 0.2) is 65.7 Å². The van der Waals surface area contributed by atoms with Crippen LogP contribution >= 0.6 is 0 Å². The van der Waals surface area contributed by atoms with Gasteiger partial charge in [0.25, 0.3) is 0 Å². The maximum Gasteiger partial charge on any atom is 0.243 e. The van der Waals surface area contributed by atoms with E-state index in [1.807, 2.05) is 13.8 Å². The van der Waals surface area contributed by atoms with Gasteiger partial charge in [0.2, 0.25) is 10.0 Å². The Morgan fingerprint density at radius 2 is 1.63 bits per heavy atom. The number of hydrogen-bond donors (Lipinski definition) is 1. The highest BCUT2D eigenvalue weighted by Gasteiger charge is 2.20. The monoisotopic (exact) mass is 430 g/mol. The number of carbonyl (C=O) groups excluding carboxylic acids is 1. The lowest BCUT2D eigenvalue weighted by molar-refractivity contribution is 0.104. The highest BCUT2D eigenvalue weighted by Crippen LogP contribution is 2.18. The lowest BCUT2D eigenvalue weighted by atomic mass is 10.1.